The summed E-state index contributed by atoms with van der Waals surface area (Å²) >= 11 is 0. The molecule has 9 heavy (non-hydrogen) atoms. The van der Waals surface area contributed by atoms with Crippen LogP contribution < -0.4 is 5.73 Å². The Morgan fingerprint density at radius 1 is 1.67 bits per heavy atom. The molecule has 0 saturated carbocycles. The van der Waals surface area contributed by atoms with E-state index in [0.717, 1.165) is 0 Å². The van der Waals surface area contributed by atoms with Gasteiger partial charge in [0.25, 0.3) is 0 Å². The molecule has 0 aromatic rings. The van der Waals surface area contributed by atoms with Crippen LogP contribution in [0.2, 0.25) is 0 Å². The highest BCUT2D eigenvalue weighted by atomic mass is 32.2. The first-order chi connectivity index (χ1) is 4.04. The van der Waals surface area contributed by atoms with Gasteiger partial charge in [0.15, 0.2) is 15.3 Å². The molecule has 0 heterocycles. The number of aliphatic hydroxyl groups is 1. The van der Waals surface area contributed by atoms with Crippen LogP contribution in [0.3, 0.4) is 0 Å². The Labute approximate surface area is 54.6 Å². The van der Waals surface area contributed by atoms with Crippen LogP contribution in [0.1, 0.15) is 6.92 Å². The Bertz CT molecular complexity index is 163. The fourth-order valence-corrected chi connectivity index (χ4v) is 1.02. The van der Waals surface area contributed by atoms with E-state index < -0.39 is 15.3 Å². The Balaban J connectivity index is 4.17. The van der Waals surface area contributed by atoms with E-state index in [1.807, 2.05) is 0 Å². The summed E-state index contributed by atoms with van der Waals surface area (Å²) in [6, 6.07) is 0. The molecule has 0 aliphatic rings. The maximum absolute atomic E-state index is 10.6. The molecule has 0 bridgehead atoms. The van der Waals surface area contributed by atoms with Crippen LogP contribution in [0.15, 0.2) is 0 Å². The summed E-state index contributed by atoms with van der Waals surface area (Å²) in [4.78, 5) is 0. The highest BCUT2D eigenvalue weighted by molar-refractivity contribution is 7.91. The third-order valence-corrected chi connectivity index (χ3v) is 2.84. The van der Waals surface area contributed by atoms with Crippen LogP contribution in [0.25, 0.3) is 0 Å². The molecule has 5 heteroatoms. The van der Waals surface area contributed by atoms with Crippen molar-refractivity contribution in [3.05, 3.63) is 0 Å². The van der Waals surface area contributed by atoms with Crippen LogP contribution >= 0.6 is 0 Å². The normalized spacial score (nSPS) is 15.4. The number of nitrogens with two attached hydrogens (primary N) is 1. The number of sulfone groups is 1. The molecule has 0 aliphatic carbocycles. The Morgan fingerprint density at radius 3 is 2.22 bits per heavy atom. The molecule has 0 aliphatic heterocycles. The SMILES string of the molecule is CCS(=O)(=O)C(O)CN. The van der Waals surface area contributed by atoms with E-state index in [4.69, 9.17) is 10.8 Å². The second-order valence-electron chi connectivity index (χ2n) is 1.64. The van der Waals surface area contributed by atoms with Gasteiger partial charge < -0.3 is 10.8 Å². The van der Waals surface area contributed by atoms with Crippen molar-refractivity contribution in [3.8, 4) is 0 Å². The molecule has 1 unspecified atom stereocenters. The third kappa shape index (κ3) is 2.30. The minimum absolute atomic E-state index is 0.0641. The second-order valence-corrected chi connectivity index (χ2v) is 4.09. The summed E-state index contributed by atoms with van der Waals surface area (Å²) in [5.74, 6) is -0.0641. The molecule has 0 aromatic carbocycles. The van der Waals surface area contributed by atoms with Gasteiger partial charge in [0.05, 0.1) is 5.75 Å². The Kier molecular flexibility index (Phi) is 3.10. The summed E-state index contributed by atoms with van der Waals surface area (Å²) in [5.41, 5.74) is 3.52. The molecule has 0 saturated heterocycles. The Morgan fingerprint density at radius 2 is 2.11 bits per heavy atom. The van der Waals surface area contributed by atoms with Crippen molar-refractivity contribution in [3.63, 3.8) is 0 Å². The molecule has 0 spiro atoms. The fourth-order valence-electron chi connectivity index (χ4n) is 0.339. The lowest BCUT2D eigenvalue weighted by Gasteiger charge is -2.05. The van der Waals surface area contributed by atoms with Gasteiger partial charge in [-0.05, 0) is 0 Å². The maximum atomic E-state index is 10.6. The van der Waals surface area contributed by atoms with Crippen molar-refractivity contribution < 1.29 is 13.5 Å². The molecule has 0 radical (unpaired) electrons. The largest absolute Gasteiger partial charge is 0.376 e. The fraction of sp³-hybridized carbons (Fsp3) is 1.00. The first kappa shape index (κ1) is 8.87. The molecule has 0 fully saturated rings. The van der Waals surface area contributed by atoms with Crippen molar-refractivity contribution in [2.45, 2.75) is 12.4 Å². The second kappa shape index (κ2) is 3.14. The van der Waals surface area contributed by atoms with Crippen LogP contribution in [0.4, 0.5) is 0 Å². The lowest BCUT2D eigenvalue weighted by atomic mass is 10.7. The monoisotopic (exact) mass is 153 g/mol. The summed E-state index contributed by atoms with van der Waals surface area (Å²) in [6.07, 6.45) is 0. The van der Waals surface area contributed by atoms with Gasteiger partial charge in [0.1, 0.15) is 0 Å². The first-order valence-corrected chi connectivity index (χ1v) is 4.35. The van der Waals surface area contributed by atoms with Crippen molar-refractivity contribution in [2.75, 3.05) is 12.3 Å². The van der Waals surface area contributed by atoms with E-state index in [2.05, 4.69) is 0 Å². The molecular formula is C4H11NO3S. The topological polar surface area (TPSA) is 80.4 Å². The van der Waals surface area contributed by atoms with Crippen LogP contribution in [-0.2, 0) is 9.84 Å². The van der Waals surface area contributed by atoms with Crippen molar-refractivity contribution in [2.24, 2.45) is 5.73 Å². The molecule has 4 nitrogen and oxygen atoms in total. The number of aliphatic hydroxyl groups excluding tert-OH is 1. The summed E-state index contributed by atoms with van der Waals surface area (Å²) in [5, 5.41) is 8.67. The van der Waals surface area contributed by atoms with Crippen molar-refractivity contribution in [1.82, 2.24) is 0 Å². The van der Waals surface area contributed by atoms with Gasteiger partial charge in [-0.25, -0.2) is 8.42 Å². The van der Waals surface area contributed by atoms with Crippen LogP contribution in [0.5, 0.6) is 0 Å². The van der Waals surface area contributed by atoms with E-state index in [9.17, 15) is 8.42 Å². The zero-order valence-electron chi connectivity index (χ0n) is 5.24. The minimum atomic E-state index is -3.32. The van der Waals surface area contributed by atoms with Gasteiger partial charge in [-0.15, -0.1) is 0 Å². The molecule has 0 rings (SSSR count). The maximum Gasteiger partial charge on any atom is 0.177 e. The summed E-state index contributed by atoms with van der Waals surface area (Å²) in [6.45, 7) is 1.24. The molecule has 56 valence electrons. The molecule has 0 amide bonds. The average molecular weight is 153 g/mol. The van der Waals surface area contributed by atoms with E-state index in [0.29, 0.717) is 0 Å². The molecule has 3 N–H and O–H groups in total. The molecule has 0 aromatic heterocycles. The third-order valence-electron chi connectivity index (χ3n) is 1.02. The Hall–Kier alpha value is -0.130. The molecule has 1 atom stereocenters. The quantitative estimate of drug-likeness (QED) is 0.528. The number of rotatable bonds is 3. The van der Waals surface area contributed by atoms with Gasteiger partial charge in [-0.2, -0.15) is 0 Å². The predicted octanol–water partition coefficient (Wildman–Crippen LogP) is -1.30. The standard InChI is InChI=1S/C4H11NO3S/c1-2-9(7,8)4(6)3-5/h4,6H,2-3,5H2,1H3. The summed E-state index contributed by atoms with van der Waals surface area (Å²) < 4.78 is 21.2. The molecular weight excluding hydrogens is 142 g/mol. The van der Waals surface area contributed by atoms with E-state index >= 15 is 0 Å². The van der Waals surface area contributed by atoms with E-state index in [1.54, 1.807) is 0 Å². The van der Waals surface area contributed by atoms with E-state index in [-0.39, 0.29) is 12.3 Å². The van der Waals surface area contributed by atoms with Gasteiger partial charge in [-0.1, -0.05) is 6.92 Å². The van der Waals surface area contributed by atoms with Crippen molar-refractivity contribution >= 4 is 9.84 Å². The van der Waals surface area contributed by atoms with Crippen LogP contribution in [-0.4, -0.2) is 31.3 Å². The summed E-state index contributed by atoms with van der Waals surface area (Å²) in [7, 11) is -3.32. The average Bonchev–Trinajstić information content (AvgIpc) is 1.86. The van der Waals surface area contributed by atoms with Gasteiger partial charge in [0.2, 0.25) is 0 Å². The van der Waals surface area contributed by atoms with Gasteiger partial charge in [-0.3, -0.25) is 0 Å². The van der Waals surface area contributed by atoms with Gasteiger partial charge >= 0.3 is 0 Å². The van der Waals surface area contributed by atoms with Crippen molar-refractivity contribution in [1.29, 1.82) is 0 Å². The zero-order valence-corrected chi connectivity index (χ0v) is 6.06. The highest BCUT2D eigenvalue weighted by Crippen LogP contribution is 1.94. The number of hydrogen-bond acceptors (Lipinski definition) is 4. The number of hydrogen-bond donors (Lipinski definition) is 2. The van der Waals surface area contributed by atoms with E-state index in [1.165, 1.54) is 6.92 Å². The predicted molar refractivity (Wildman–Crippen MR) is 34.5 cm³/mol. The lowest BCUT2D eigenvalue weighted by molar-refractivity contribution is 0.256. The lowest BCUT2D eigenvalue weighted by Crippen LogP contribution is -2.30. The van der Waals surface area contributed by atoms with Crippen LogP contribution in [0, 0.1) is 0 Å². The van der Waals surface area contributed by atoms with Gasteiger partial charge in [0, 0.05) is 6.54 Å². The first-order valence-electron chi connectivity index (χ1n) is 2.64. The smallest absolute Gasteiger partial charge is 0.177 e. The zero-order chi connectivity index (χ0) is 7.49. The minimum Gasteiger partial charge on any atom is -0.376 e. The highest BCUT2D eigenvalue weighted by Gasteiger charge is 2.17.